The number of hydrogen-bond donors (Lipinski definition) is 2. The van der Waals surface area contributed by atoms with E-state index in [4.69, 9.17) is 17.3 Å². The first-order valence-electron chi connectivity index (χ1n) is 5.62. The highest BCUT2D eigenvalue weighted by molar-refractivity contribution is 7.99. The molecule has 0 fully saturated rings. The number of nitrogen functional groups attached to an aromatic ring is 1. The van der Waals surface area contributed by atoms with E-state index in [1.165, 1.54) is 0 Å². The molecule has 1 atom stereocenters. The van der Waals surface area contributed by atoms with E-state index in [0.717, 1.165) is 17.9 Å². The predicted octanol–water partition coefficient (Wildman–Crippen LogP) is 2.48. The summed E-state index contributed by atoms with van der Waals surface area (Å²) in [6, 6.07) is 1.67. The molecule has 0 aliphatic carbocycles. The molecule has 0 radical (unpaired) electrons. The van der Waals surface area contributed by atoms with Crippen LogP contribution in [-0.4, -0.2) is 26.0 Å². The zero-order valence-corrected chi connectivity index (χ0v) is 13.0. The lowest BCUT2D eigenvalue weighted by atomic mass is 10.3. The number of nitrogens with two attached hydrogens (primary N) is 1. The Morgan fingerprint density at radius 1 is 1.53 bits per heavy atom. The van der Waals surface area contributed by atoms with Gasteiger partial charge in [0.05, 0.1) is 10.7 Å². The van der Waals surface area contributed by atoms with Crippen LogP contribution in [0.5, 0.6) is 0 Å². The molecule has 0 aromatic heterocycles. The maximum absolute atomic E-state index is 13.1. The van der Waals surface area contributed by atoms with Crippen LogP contribution in [0, 0.1) is 5.82 Å². The second-order valence-electron chi connectivity index (χ2n) is 3.99. The number of rotatable bonds is 6. The third-order valence-corrected chi connectivity index (χ3v) is 5.47. The summed E-state index contributed by atoms with van der Waals surface area (Å²) in [5.74, 6) is 0.805. The van der Waals surface area contributed by atoms with Gasteiger partial charge in [-0.1, -0.05) is 18.5 Å². The fourth-order valence-electron chi connectivity index (χ4n) is 1.41. The Morgan fingerprint density at radius 3 is 2.74 bits per heavy atom. The van der Waals surface area contributed by atoms with Crippen molar-refractivity contribution in [3.8, 4) is 0 Å². The Kier molecular flexibility index (Phi) is 5.91. The van der Waals surface area contributed by atoms with E-state index in [0.29, 0.717) is 5.75 Å². The fraction of sp³-hybridized carbons (Fsp3) is 0.455. The monoisotopic (exact) mass is 326 g/mol. The topological polar surface area (TPSA) is 72.2 Å². The highest BCUT2D eigenvalue weighted by Crippen LogP contribution is 2.26. The second kappa shape index (κ2) is 6.78. The van der Waals surface area contributed by atoms with E-state index < -0.39 is 15.8 Å². The zero-order valence-electron chi connectivity index (χ0n) is 10.6. The standard InChI is InChI=1S/C11H16ClFN2O2S2/c1-3-18-6-7(2)15-19(16,17)11-5-10(14)9(13)4-8(11)12/h4-5,7,15H,3,6,14H2,1-2H3. The lowest BCUT2D eigenvalue weighted by molar-refractivity contribution is 0.570. The van der Waals surface area contributed by atoms with E-state index in [-0.39, 0.29) is 21.6 Å². The van der Waals surface area contributed by atoms with Gasteiger partial charge in [-0.25, -0.2) is 17.5 Å². The van der Waals surface area contributed by atoms with E-state index in [1.807, 2.05) is 6.92 Å². The molecule has 4 nitrogen and oxygen atoms in total. The summed E-state index contributed by atoms with van der Waals surface area (Å²) in [6.45, 7) is 3.74. The SMILES string of the molecule is CCSCC(C)NS(=O)(=O)c1cc(N)c(F)cc1Cl. The van der Waals surface area contributed by atoms with Gasteiger partial charge in [-0.05, 0) is 24.8 Å². The first-order valence-corrected chi connectivity index (χ1v) is 8.64. The van der Waals surface area contributed by atoms with E-state index in [9.17, 15) is 12.8 Å². The molecule has 0 spiro atoms. The molecule has 0 amide bonds. The lowest BCUT2D eigenvalue weighted by Gasteiger charge is -2.14. The summed E-state index contributed by atoms with van der Waals surface area (Å²) in [5.41, 5.74) is 5.12. The summed E-state index contributed by atoms with van der Waals surface area (Å²) in [4.78, 5) is -0.207. The number of anilines is 1. The van der Waals surface area contributed by atoms with Crippen LogP contribution < -0.4 is 10.5 Å². The Hall–Kier alpha value is -0.500. The van der Waals surface area contributed by atoms with Gasteiger partial charge >= 0.3 is 0 Å². The summed E-state index contributed by atoms with van der Waals surface area (Å²) >= 11 is 7.37. The van der Waals surface area contributed by atoms with Crippen LogP contribution in [0.25, 0.3) is 0 Å². The Labute approximate surface area is 121 Å². The van der Waals surface area contributed by atoms with Gasteiger partial charge in [-0.2, -0.15) is 11.8 Å². The average molecular weight is 327 g/mol. The number of hydrogen-bond acceptors (Lipinski definition) is 4. The van der Waals surface area contributed by atoms with Crippen LogP contribution in [0.2, 0.25) is 5.02 Å². The number of halogens is 2. The van der Waals surface area contributed by atoms with Crippen molar-refractivity contribution in [1.82, 2.24) is 4.72 Å². The third kappa shape index (κ3) is 4.52. The molecule has 19 heavy (non-hydrogen) atoms. The number of benzene rings is 1. The van der Waals surface area contributed by atoms with Crippen molar-refractivity contribution < 1.29 is 12.8 Å². The fourth-order valence-corrected chi connectivity index (χ4v) is 3.98. The molecule has 1 unspecified atom stereocenters. The largest absolute Gasteiger partial charge is 0.396 e. The normalized spacial score (nSPS) is 13.5. The van der Waals surface area contributed by atoms with Gasteiger partial charge in [0.25, 0.3) is 0 Å². The molecule has 0 aliphatic rings. The van der Waals surface area contributed by atoms with Gasteiger partial charge in [-0.15, -0.1) is 0 Å². The highest BCUT2D eigenvalue weighted by atomic mass is 35.5. The lowest BCUT2D eigenvalue weighted by Crippen LogP contribution is -2.34. The van der Waals surface area contributed by atoms with Crippen LogP contribution in [0.15, 0.2) is 17.0 Å². The summed E-state index contributed by atoms with van der Waals surface area (Å²) in [6.07, 6.45) is 0. The average Bonchev–Trinajstić information content (AvgIpc) is 2.30. The Bertz CT molecular complexity index is 552. The van der Waals surface area contributed by atoms with Crippen molar-refractivity contribution in [3.05, 3.63) is 23.0 Å². The molecule has 1 aromatic rings. The predicted molar refractivity (Wildman–Crippen MR) is 78.6 cm³/mol. The molecule has 1 rings (SSSR count). The van der Waals surface area contributed by atoms with Crippen molar-refractivity contribution >= 4 is 39.1 Å². The molecule has 8 heteroatoms. The summed E-state index contributed by atoms with van der Waals surface area (Å²) in [5, 5.41) is -0.186. The first-order chi connectivity index (χ1) is 8.77. The van der Waals surface area contributed by atoms with Crippen molar-refractivity contribution in [2.24, 2.45) is 0 Å². The minimum atomic E-state index is -3.80. The molecule has 0 bridgehead atoms. The van der Waals surface area contributed by atoms with E-state index >= 15 is 0 Å². The smallest absolute Gasteiger partial charge is 0.242 e. The van der Waals surface area contributed by atoms with Crippen LogP contribution in [0.4, 0.5) is 10.1 Å². The number of sulfonamides is 1. The quantitative estimate of drug-likeness (QED) is 0.788. The summed E-state index contributed by atoms with van der Waals surface area (Å²) in [7, 11) is -3.80. The van der Waals surface area contributed by atoms with Crippen LogP contribution in [0.3, 0.4) is 0 Å². The van der Waals surface area contributed by atoms with Crippen molar-refractivity contribution in [2.75, 3.05) is 17.2 Å². The molecule has 0 saturated heterocycles. The molecule has 108 valence electrons. The third-order valence-electron chi connectivity index (χ3n) is 2.27. The van der Waals surface area contributed by atoms with Crippen LogP contribution in [0.1, 0.15) is 13.8 Å². The highest BCUT2D eigenvalue weighted by Gasteiger charge is 2.22. The molecule has 3 N–H and O–H groups in total. The van der Waals surface area contributed by atoms with Gasteiger partial charge in [-0.3, -0.25) is 0 Å². The Morgan fingerprint density at radius 2 is 2.16 bits per heavy atom. The minimum absolute atomic E-state index is 0.186. The van der Waals surface area contributed by atoms with Gasteiger partial charge < -0.3 is 5.73 Å². The van der Waals surface area contributed by atoms with Gasteiger partial charge in [0.15, 0.2) is 0 Å². The van der Waals surface area contributed by atoms with E-state index in [1.54, 1.807) is 18.7 Å². The zero-order chi connectivity index (χ0) is 14.6. The first kappa shape index (κ1) is 16.6. The van der Waals surface area contributed by atoms with Crippen LogP contribution >= 0.6 is 23.4 Å². The summed E-state index contributed by atoms with van der Waals surface area (Å²) < 4.78 is 39.8. The maximum atomic E-state index is 13.1. The van der Waals surface area contributed by atoms with Crippen molar-refractivity contribution in [3.63, 3.8) is 0 Å². The molecule has 1 aromatic carbocycles. The van der Waals surface area contributed by atoms with Crippen molar-refractivity contribution in [2.45, 2.75) is 24.8 Å². The van der Waals surface area contributed by atoms with Crippen molar-refractivity contribution in [1.29, 1.82) is 0 Å². The van der Waals surface area contributed by atoms with Gasteiger partial charge in [0.1, 0.15) is 10.7 Å². The molecular formula is C11H16ClFN2O2S2. The number of nitrogens with one attached hydrogen (secondary N) is 1. The van der Waals surface area contributed by atoms with Gasteiger partial charge in [0, 0.05) is 11.8 Å². The maximum Gasteiger partial charge on any atom is 0.242 e. The number of thioether (sulfide) groups is 1. The minimum Gasteiger partial charge on any atom is -0.396 e. The molecular weight excluding hydrogens is 311 g/mol. The van der Waals surface area contributed by atoms with Gasteiger partial charge in [0.2, 0.25) is 10.0 Å². The molecule has 0 heterocycles. The molecule has 0 aliphatic heterocycles. The van der Waals surface area contributed by atoms with E-state index in [2.05, 4.69) is 4.72 Å². The van der Waals surface area contributed by atoms with Crippen LogP contribution in [-0.2, 0) is 10.0 Å². The Balaban J connectivity index is 2.98. The second-order valence-corrected chi connectivity index (χ2v) is 7.39. The molecule has 0 saturated carbocycles.